The normalized spacial score (nSPS) is 14.5. The van der Waals surface area contributed by atoms with Crippen molar-refractivity contribution in [3.8, 4) is 0 Å². The van der Waals surface area contributed by atoms with Gasteiger partial charge in [-0.15, -0.1) is 0 Å². The Kier molecular flexibility index (Phi) is 9.26. The van der Waals surface area contributed by atoms with Gasteiger partial charge in [0.15, 0.2) is 6.10 Å². The van der Waals surface area contributed by atoms with Crippen LogP contribution in [0.3, 0.4) is 0 Å². The molecule has 0 fully saturated rings. The maximum atomic E-state index is 11.8. The zero-order valence-corrected chi connectivity index (χ0v) is 14.2. The van der Waals surface area contributed by atoms with Crippen LogP contribution in [0.15, 0.2) is 0 Å². The average Bonchev–Trinajstić information content (AvgIpc) is 2.31. The van der Waals surface area contributed by atoms with Crippen molar-refractivity contribution in [3.63, 3.8) is 0 Å². The molecule has 2 unspecified atom stereocenters. The number of nitrogens with zero attached hydrogens (tertiary/aromatic N) is 1. The van der Waals surface area contributed by atoms with E-state index in [1.54, 1.807) is 0 Å². The molecule has 0 heterocycles. The lowest BCUT2D eigenvalue weighted by atomic mass is 10.0. The smallest absolute Gasteiger partial charge is 0.307 e. The SMILES string of the molecule is CCC(C)CCCCC(=O)OC(CC(=O)O)C[N+](C)(C)C. The van der Waals surface area contributed by atoms with E-state index in [1.807, 2.05) is 21.1 Å². The first-order valence-corrected chi connectivity index (χ1v) is 7.85. The number of esters is 1. The number of hydrogen-bond donors (Lipinski definition) is 1. The summed E-state index contributed by atoms with van der Waals surface area (Å²) < 4.78 is 5.90. The number of carboxylic acid groups (broad SMARTS) is 1. The van der Waals surface area contributed by atoms with E-state index in [9.17, 15) is 9.59 Å². The molecule has 0 rings (SSSR count). The van der Waals surface area contributed by atoms with Crippen LogP contribution in [0.2, 0.25) is 0 Å². The van der Waals surface area contributed by atoms with Crippen LogP contribution in [0.4, 0.5) is 0 Å². The largest absolute Gasteiger partial charge is 0.481 e. The Balaban J connectivity index is 4.12. The lowest BCUT2D eigenvalue weighted by Crippen LogP contribution is -2.43. The maximum absolute atomic E-state index is 11.8. The standard InChI is InChI=1S/C16H31NO4/c1-6-13(2)9-7-8-10-16(20)21-14(11-15(18)19)12-17(3,4)5/h13-14H,6-12H2,1-5H3/p+1. The third-order valence-corrected chi connectivity index (χ3v) is 3.48. The molecule has 0 spiro atoms. The van der Waals surface area contributed by atoms with E-state index in [1.165, 1.54) is 0 Å². The van der Waals surface area contributed by atoms with E-state index < -0.39 is 12.1 Å². The number of quaternary nitrogens is 1. The zero-order valence-electron chi connectivity index (χ0n) is 14.2. The summed E-state index contributed by atoms with van der Waals surface area (Å²) in [6, 6.07) is 0. The number of rotatable bonds is 11. The maximum Gasteiger partial charge on any atom is 0.307 e. The van der Waals surface area contributed by atoms with Crippen LogP contribution in [-0.2, 0) is 14.3 Å². The van der Waals surface area contributed by atoms with Crippen LogP contribution in [0.1, 0.15) is 52.4 Å². The fourth-order valence-electron chi connectivity index (χ4n) is 2.16. The Hall–Kier alpha value is -1.10. The van der Waals surface area contributed by atoms with Crippen LogP contribution in [0, 0.1) is 5.92 Å². The van der Waals surface area contributed by atoms with Gasteiger partial charge in [-0.2, -0.15) is 0 Å². The number of hydrogen-bond acceptors (Lipinski definition) is 3. The third-order valence-electron chi connectivity index (χ3n) is 3.48. The molecule has 0 aliphatic carbocycles. The zero-order chi connectivity index (χ0) is 16.5. The molecule has 0 aliphatic rings. The molecule has 0 aromatic heterocycles. The van der Waals surface area contributed by atoms with Crippen molar-refractivity contribution in [1.82, 2.24) is 0 Å². The summed E-state index contributed by atoms with van der Waals surface area (Å²) in [6.45, 7) is 4.88. The molecule has 0 aromatic rings. The summed E-state index contributed by atoms with van der Waals surface area (Å²) in [7, 11) is 5.86. The first-order valence-electron chi connectivity index (χ1n) is 7.85. The number of likely N-dealkylation sites (N-methyl/N-ethyl adjacent to an activating group) is 1. The Bertz CT molecular complexity index is 323. The van der Waals surface area contributed by atoms with Crippen molar-refractivity contribution in [1.29, 1.82) is 0 Å². The quantitative estimate of drug-likeness (QED) is 0.362. The molecular weight excluding hydrogens is 270 g/mol. The molecule has 0 saturated heterocycles. The molecular formula is C16H32NO4+. The number of unbranched alkanes of at least 4 members (excludes halogenated alkanes) is 1. The first kappa shape index (κ1) is 19.9. The monoisotopic (exact) mass is 302 g/mol. The van der Waals surface area contributed by atoms with Crippen LogP contribution < -0.4 is 0 Å². The lowest BCUT2D eigenvalue weighted by molar-refractivity contribution is -0.873. The minimum absolute atomic E-state index is 0.131. The highest BCUT2D eigenvalue weighted by Gasteiger charge is 2.24. The molecule has 124 valence electrons. The van der Waals surface area contributed by atoms with E-state index in [0.717, 1.165) is 25.7 Å². The second-order valence-corrected chi connectivity index (χ2v) is 6.94. The molecule has 0 aliphatic heterocycles. The van der Waals surface area contributed by atoms with Crippen LogP contribution in [0.25, 0.3) is 0 Å². The fourth-order valence-corrected chi connectivity index (χ4v) is 2.16. The highest BCUT2D eigenvalue weighted by molar-refractivity contribution is 5.71. The average molecular weight is 302 g/mol. The minimum Gasteiger partial charge on any atom is -0.481 e. The van der Waals surface area contributed by atoms with Gasteiger partial charge in [-0.25, -0.2) is 0 Å². The molecule has 0 saturated carbocycles. The summed E-state index contributed by atoms with van der Waals surface area (Å²) in [5.41, 5.74) is 0. The highest BCUT2D eigenvalue weighted by atomic mass is 16.5. The van der Waals surface area contributed by atoms with Gasteiger partial charge in [-0.1, -0.05) is 33.1 Å². The molecule has 21 heavy (non-hydrogen) atoms. The molecule has 5 heteroatoms. The summed E-state index contributed by atoms with van der Waals surface area (Å²) >= 11 is 0. The van der Waals surface area contributed by atoms with Crippen molar-refractivity contribution in [2.45, 2.75) is 58.5 Å². The van der Waals surface area contributed by atoms with Crippen molar-refractivity contribution in [2.75, 3.05) is 27.7 Å². The van der Waals surface area contributed by atoms with Gasteiger partial charge in [0, 0.05) is 6.42 Å². The Morgan fingerprint density at radius 2 is 1.81 bits per heavy atom. The fraction of sp³-hybridized carbons (Fsp3) is 0.875. The molecule has 0 bridgehead atoms. The summed E-state index contributed by atoms with van der Waals surface area (Å²) in [5, 5.41) is 8.90. The summed E-state index contributed by atoms with van der Waals surface area (Å²) in [5.74, 6) is -0.518. The van der Waals surface area contributed by atoms with E-state index in [4.69, 9.17) is 9.84 Å². The number of carbonyl (C=O) groups excluding carboxylic acids is 1. The second kappa shape index (κ2) is 9.77. The van der Waals surface area contributed by atoms with E-state index in [2.05, 4.69) is 13.8 Å². The topological polar surface area (TPSA) is 63.6 Å². The molecule has 0 amide bonds. The van der Waals surface area contributed by atoms with Gasteiger partial charge in [0.05, 0.1) is 27.6 Å². The van der Waals surface area contributed by atoms with Crippen molar-refractivity contribution < 1.29 is 23.9 Å². The number of carboxylic acids is 1. The first-order chi connectivity index (χ1) is 9.64. The predicted octanol–water partition coefficient (Wildman–Crippen LogP) is 2.69. The molecule has 0 aromatic carbocycles. The van der Waals surface area contributed by atoms with Gasteiger partial charge in [-0.3, -0.25) is 9.59 Å². The van der Waals surface area contributed by atoms with Gasteiger partial charge in [0.2, 0.25) is 0 Å². The van der Waals surface area contributed by atoms with E-state index in [0.29, 0.717) is 23.4 Å². The molecule has 1 N–H and O–H groups in total. The van der Waals surface area contributed by atoms with Gasteiger partial charge in [-0.05, 0) is 12.3 Å². The van der Waals surface area contributed by atoms with Gasteiger partial charge in [0.25, 0.3) is 0 Å². The van der Waals surface area contributed by atoms with Gasteiger partial charge in [0.1, 0.15) is 6.54 Å². The highest BCUT2D eigenvalue weighted by Crippen LogP contribution is 2.13. The van der Waals surface area contributed by atoms with Crippen molar-refractivity contribution in [3.05, 3.63) is 0 Å². The molecule has 2 atom stereocenters. The molecule has 5 nitrogen and oxygen atoms in total. The van der Waals surface area contributed by atoms with Crippen molar-refractivity contribution >= 4 is 11.9 Å². The van der Waals surface area contributed by atoms with Crippen LogP contribution in [0.5, 0.6) is 0 Å². The number of carbonyl (C=O) groups is 2. The van der Waals surface area contributed by atoms with Gasteiger partial charge < -0.3 is 14.3 Å². The number of aliphatic carboxylic acids is 1. The van der Waals surface area contributed by atoms with Crippen LogP contribution in [-0.4, -0.2) is 55.3 Å². The predicted molar refractivity (Wildman–Crippen MR) is 83.0 cm³/mol. The number of ether oxygens (including phenoxy) is 1. The Labute approximate surface area is 128 Å². The van der Waals surface area contributed by atoms with E-state index in [-0.39, 0.29) is 12.4 Å². The van der Waals surface area contributed by atoms with Crippen molar-refractivity contribution in [2.24, 2.45) is 5.92 Å². The van der Waals surface area contributed by atoms with Crippen LogP contribution >= 0.6 is 0 Å². The lowest BCUT2D eigenvalue weighted by Gasteiger charge is -2.28. The molecule has 0 radical (unpaired) electrons. The second-order valence-electron chi connectivity index (χ2n) is 6.94. The summed E-state index contributed by atoms with van der Waals surface area (Å²) in [4.78, 5) is 22.7. The van der Waals surface area contributed by atoms with E-state index >= 15 is 0 Å². The third kappa shape index (κ3) is 12.4. The Morgan fingerprint density at radius 1 is 1.19 bits per heavy atom. The summed E-state index contributed by atoms with van der Waals surface area (Å²) in [6.07, 6.45) is 3.81. The van der Waals surface area contributed by atoms with Gasteiger partial charge >= 0.3 is 11.9 Å². The minimum atomic E-state index is -0.932. The Morgan fingerprint density at radius 3 is 2.29 bits per heavy atom.